The quantitative estimate of drug-likeness (QED) is 0.800. The van der Waals surface area contributed by atoms with Crippen LogP contribution in [0.4, 0.5) is 0 Å². The zero-order valence-corrected chi connectivity index (χ0v) is 9.26. The van der Waals surface area contributed by atoms with Gasteiger partial charge in [-0.3, -0.25) is 0 Å². The molecule has 5 heteroatoms. The third-order valence-electron chi connectivity index (χ3n) is 3.19. The Hall–Kier alpha value is -0.970. The van der Waals surface area contributed by atoms with Gasteiger partial charge >= 0.3 is 0 Å². The number of hydrogen-bond acceptors (Lipinski definition) is 4. The van der Waals surface area contributed by atoms with Crippen LogP contribution in [0.1, 0.15) is 44.3 Å². The van der Waals surface area contributed by atoms with E-state index in [1.807, 2.05) is 4.68 Å². The molecule has 1 aliphatic rings. The van der Waals surface area contributed by atoms with Crippen LogP contribution in [0.5, 0.6) is 0 Å². The molecule has 5 nitrogen and oxygen atoms in total. The fraction of sp³-hybridized carbons (Fsp3) is 0.900. The fourth-order valence-corrected chi connectivity index (χ4v) is 2.35. The van der Waals surface area contributed by atoms with Gasteiger partial charge in [-0.2, -0.15) is 0 Å². The van der Waals surface area contributed by atoms with E-state index in [-0.39, 0.29) is 0 Å². The molecule has 0 aromatic carbocycles. The summed E-state index contributed by atoms with van der Waals surface area (Å²) >= 11 is 0. The maximum Gasteiger partial charge on any atom is 0.154 e. The van der Waals surface area contributed by atoms with E-state index in [0.29, 0.717) is 12.5 Å². The lowest BCUT2D eigenvalue weighted by molar-refractivity contribution is 0.505. The molecule has 2 atom stereocenters. The highest BCUT2D eigenvalue weighted by molar-refractivity contribution is 4.97. The molecule has 0 bridgehead atoms. The Labute approximate surface area is 90.0 Å². The highest BCUT2D eigenvalue weighted by atomic mass is 15.5. The summed E-state index contributed by atoms with van der Waals surface area (Å²) in [6.07, 6.45) is 4.70. The molecule has 2 N–H and O–H groups in total. The maximum absolute atomic E-state index is 5.49. The second kappa shape index (κ2) is 4.70. The van der Waals surface area contributed by atoms with E-state index in [4.69, 9.17) is 5.73 Å². The van der Waals surface area contributed by atoms with E-state index >= 15 is 0 Å². The summed E-state index contributed by atoms with van der Waals surface area (Å²) in [7, 11) is 0. The van der Waals surface area contributed by atoms with E-state index in [9.17, 15) is 0 Å². The van der Waals surface area contributed by atoms with Gasteiger partial charge in [-0.1, -0.05) is 6.92 Å². The average molecular weight is 209 g/mol. The van der Waals surface area contributed by atoms with Crippen LogP contribution in [-0.4, -0.2) is 26.8 Å². The van der Waals surface area contributed by atoms with Crippen molar-refractivity contribution in [3.05, 3.63) is 5.82 Å². The Kier molecular flexibility index (Phi) is 3.30. The third-order valence-corrected chi connectivity index (χ3v) is 3.19. The van der Waals surface area contributed by atoms with Crippen LogP contribution >= 0.6 is 0 Å². The van der Waals surface area contributed by atoms with E-state index in [1.54, 1.807) is 0 Å². The molecule has 0 radical (unpaired) electrons. The lowest BCUT2D eigenvalue weighted by Crippen LogP contribution is -2.12. The number of rotatable bonds is 4. The van der Waals surface area contributed by atoms with Crippen molar-refractivity contribution in [3.8, 4) is 0 Å². The molecule has 0 spiro atoms. The van der Waals surface area contributed by atoms with Crippen LogP contribution in [0.15, 0.2) is 0 Å². The van der Waals surface area contributed by atoms with E-state index in [0.717, 1.165) is 24.7 Å². The number of tetrazole rings is 1. The molecule has 15 heavy (non-hydrogen) atoms. The normalized spacial score (nSPS) is 26.0. The highest BCUT2D eigenvalue weighted by Gasteiger charge is 2.27. The van der Waals surface area contributed by atoms with Crippen molar-refractivity contribution in [3.63, 3.8) is 0 Å². The number of aromatic nitrogens is 4. The molecular formula is C10H19N5. The smallest absolute Gasteiger partial charge is 0.154 e. The number of nitrogens with zero attached hydrogens (tertiary/aromatic N) is 4. The van der Waals surface area contributed by atoms with Gasteiger partial charge in [0.05, 0.1) is 0 Å². The molecular weight excluding hydrogens is 190 g/mol. The number of nitrogens with two attached hydrogens (primary N) is 1. The first-order valence-corrected chi connectivity index (χ1v) is 5.77. The molecule has 2 unspecified atom stereocenters. The first-order valence-electron chi connectivity index (χ1n) is 5.77. The van der Waals surface area contributed by atoms with Gasteiger partial charge in [0.15, 0.2) is 5.82 Å². The van der Waals surface area contributed by atoms with Crippen LogP contribution in [0.25, 0.3) is 0 Å². The summed E-state index contributed by atoms with van der Waals surface area (Å²) in [4.78, 5) is 0. The number of aryl methyl sites for hydroxylation is 1. The molecule has 1 aromatic heterocycles. The van der Waals surface area contributed by atoms with Crippen LogP contribution < -0.4 is 5.73 Å². The molecule has 0 saturated heterocycles. The molecule has 2 rings (SSSR count). The van der Waals surface area contributed by atoms with E-state index in [1.165, 1.54) is 19.3 Å². The largest absolute Gasteiger partial charge is 0.330 e. The zero-order chi connectivity index (χ0) is 10.7. The molecule has 1 aromatic rings. The van der Waals surface area contributed by atoms with Gasteiger partial charge < -0.3 is 5.73 Å². The SMILES string of the molecule is CC1CCC(c2nnnn2CCCN)C1. The predicted octanol–water partition coefficient (Wildman–Crippen LogP) is 0.925. The summed E-state index contributed by atoms with van der Waals surface area (Å²) in [5.74, 6) is 2.44. The van der Waals surface area contributed by atoms with Crippen molar-refractivity contribution >= 4 is 0 Å². The van der Waals surface area contributed by atoms with Crippen LogP contribution in [0.2, 0.25) is 0 Å². The average Bonchev–Trinajstić information content (AvgIpc) is 2.82. The topological polar surface area (TPSA) is 69.6 Å². The Balaban J connectivity index is 2.04. The Morgan fingerprint density at radius 3 is 3.00 bits per heavy atom. The second-order valence-corrected chi connectivity index (χ2v) is 4.52. The van der Waals surface area contributed by atoms with Crippen molar-refractivity contribution in [2.24, 2.45) is 11.7 Å². The molecule has 0 amide bonds. The Morgan fingerprint density at radius 2 is 2.33 bits per heavy atom. The molecule has 1 heterocycles. The van der Waals surface area contributed by atoms with Gasteiger partial charge in [-0.15, -0.1) is 5.10 Å². The predicted molar refractivity (Wildman–Crippen MR) is 57.2 cm³/mol. The van der Waals surface area contributed by atoms with Crippen molar-refractivity contribution in [2.45, 2.75) is 45.1 Å². The summed E-state index contributed by atoms with van der Waals surface area (Å²) in [5, 5.41) is 11.9. The van der Waals surface area contributed by atoms with Crippen molar-refractivity contribution in [2.75, 3.05) is 6.54 Å². The molecule has 0 aliphatic heterocycles. The monoisotopic (exact) mass is 209 g/mol. The van der Waals surface area contributed by atoms with Gasteiger partial charge in [-0.25, -0.2) is 4.68 Å². The van der Waals surface area contributed by atoms with Gasteiger partial charge in [0, 0.05) is 12.5 Å². The second-order valence-electron chi connectivity index (χ2n) is 4.52. The van der Waals surface area contributed by atoms with Crippen LogP contribution in [-0.2, 0) is 6.54 Å². The Bertz CT molecular complexity index is 309. The van der Waals surface area contributed by atoms with Crippen molar-refractivity contribution in [1.29, 1.82) is 0 Å². The van der Waals surface area contributed by atoms with E-state index in [2.05, 4.69) is 22.4 Å². The fourth-order valence-electron chi connectivity index (χ4n) is 2.35. The highest BCUT2D eigenvalue weighted by Crippen LogP contribution is 2.36. The summed E-state index contributed by atoms with van der Waals surface area (Å²) in [5.41, 5.74) is 5.49. The lowest BCUT2D eigenvalue weighted by Gasteiger charge is -2.09. The first kappa shape index (κ1) is 10.5. The molecule has 84 valence electrons. The third kappa shape index (κ3) is 2.34. The Morgan fingerprint density at radius 1 is 1.47 bits per heavy atom. The number of hydrogen-bond donors (Lipinski definition) is 1. The van der Waals surface area contributed by atoms with Crippen LogP contribution in [0, 0.1) is 5.92 Å². The van der Waals surface area contributed by atoms with Crippen molar-refractivity contribution in [1.82, 2.24) is 20.2 Å². The summed E-state index contributed by atoms with van der Waals surface area (Å²) in [6.45, 7) is 3.85. The van der Waals surface area contributed by atoms with Crippen molar-refractivity contribution < 1.29 is 0 Å². The first-order chi connectivity index (χ1) is 7.31. The minimum absolute atomic E-state index is 0.563. The minimum atomic E-state index is 0.563. The zero-order valence-electron chi connectivity index (χ0n) is 9.26. The summed E-state index contributed by atoms with van der Waals surface area (Å²) in [6, 6.07) is 0. The standard InChI is InChI=1S/C10H19N5/c1-8-3-4-9(7-8)10-12-13-14-15(10)6-2-5-11/h8-9H,2-7,11H2,1H3. The van der Waals surface area contributed by atoms with E-state index < -0.39 is 0 Å². The van der Waals surface area contributed by atoms with Gasteiger partial charge in [0.2, 0.25) is 0 Å². The minimum Gasteiger partial charge on any atom is -0.330 e. The molecule has 1 aliphatic carbocycles. The van der Waals surface area contributed by atoms with Gasteiger partial charge in [0.1, 0.15) is 0 Å². The van der Waals surface area contributed by atoms with Crippen LogP contribution in [0.3, 0.4) is 0 Å². The maximum atomic E-state index is 5.49. The molecule has 1 saturated carbocycles. The van der Waals surface area contributed by atoms with Gasteiger partial charge in [0.25, 0.3) is 0 Å². The lowest BCUT2D eigenvalue weighted by atomic mass is 10.1. The summed E-state index contributed by atoms with van der Waals surface area (Å²) < 4.78 is 1.93. The van der Waals surface area contributed by atoms with Gasteiger partial charge in [-0.05, 0) is 48.6 Å². The molecule has 1 fully saturated rings.